The summed E-state index contributed by atoms with van der Waals surface area (Å²) in [6, 6.07) is 7.67. The fourth-order valence-corrected chi connectivity index (χ4v) is 1.46. The maximum absolute atomic E-state index is 5.58. The van der Waals surface area contributed by atoms with Crippen LogP contribution in [0.1, 0.15) is 12.6 Å². The molecule has 0 spiro atoms. The molecule has 0 aliphatic heterocycles. The van der Waals surface area contributed by atoms with Gasteiger partial charge in [-0.05, 0) is 31.2 Å². The van der Waals surface area contributed by atoms with Crippen LogP contribution in [0.15, 0.2) is 30.5 Å². The summed E-state index contributed by atoms with van der Waals surface area (Å²) in [4.78, 5) is 0. The molecule has 0 aliphatic carbocycles. The zero-order valence-corrected chi connectivity index (χ0v) is 9.13. The smallest absolute Gasteiger partial charge is 0.119 e. The van der Waals surface area contributed by atoms with Crippen LogP contribution in [-0.4, -0.2) is 21.6 Å². The molecule has 0 radical (unpaired) electrons. The molecule has 0 unspecified atom stereocenters. The minimum Gasteiger partial charge on any atom is -0.494 e. The van der Waals surface area contributed by atoms with Crippen LogP contribution >= 0.6 is 0 Å². The number of nitrogens with two attached hydrogens (primary N) is 1. The molecule has 1 heterocycles. The molecule has 2 aromatic rings. The molecule has 0 bridgehead atoms. The molecule has 2 rings (SSSR count). The molecule has 0 amide bonds. The Morgan fingerprint density at radius 1 is 1.31 bits per heavy atom. The molecule has 0 saturated carbocycles. The van der Waals surface area contributed by atoms with Crippen molar-refractivity contribution in [3.8, 4) is 11.4 Å². The number of rotatable bonds is 4. The molecule has 16 heavy (non-hydrogen) atoms. The molecule has 0 saturated heterocycles. The standard InChI is InChI=1S/C11H14N4O/c1-2-16-11-5-3-9(4-6-11)15-10(7-12)8-13-14-15/h3-6,8H,2,7,12H2,1H3. The van der Waals surface area contributed by atoms with Crippen molar-refractivity contribution in [1.29, 1.82) is 0 Å². The Labute approximate surface area is 93.8 Å². The first-order valence-electron chi connectivity index (χ1n) is 5.18. The maximum Gasteiger partial charge on any atom is 0.119 e. The summed E-state index contributed by atoms with van der Waals surface area (Å²) in [6.45, 7) is 3.04. The summed E-state index contributed by atoms with van der Waals surface area (Å²) in [7, 11) is 0. The lowest BCUT2D eigenvalue weighted by Gasteiger charge is -2.06. The van der Waals surface area contributed by atoms with Crippen molar-refractivity contribution < 1.29 is 4.74 Å². The molecule has 0 aliphatic rings. The minimum absolute atomic E-state index is 0.417. The Hall–Kier alpha value is -1.88. The summed E-state index contributed by atoms with van der Waals surface area (Å²) in [5, 5.41) is 7.81. The SMILES string of the molecule is CCOc1ccc(-n2nncc2CN)cc1. The van der Waals surface area contributed by atoms with Crippen LogP contribution in [0.2, 0.25) is 0 Å². The zero-order valence-electron chi connectivity index (χ0n) is 9.13. The Kier molecular flexibility index (Phi) is 3.16. The number of aromatic nitrogens is 3. The molecule has 84 valence electrons. The summed E-state index contributed by atoms with van der Waals surface area (Å²) < 4.78 is 7.08. The van der Waals surface area contributed by atoms with Crippen LogP contribution in [0.25, 0.3) is 5.69 Å². The quantitative estimate of drug-likeness (QED) is 0.835. The van der Waals surface area contributed by atoms with Crippen molar-refractivity contribution in [3.63, 3.8) is 0 Å². The van der Waals surface area contributed by atoms with E-state index in [9.17, 15) is 0 Å². The Morgan fingerprint density at radius 3 is 2.69 bits per heavy atom. The zero-order chi connectivity index (χ0) is 11.4. The third-order valence-electron chi connectivity index (χ3n) is 2.22. The van der Waals surface area contributed by atoms with Crippen molar-refractivity contribution >= 4 is 0 Å². The highest BCUT2D eigenvalue weighted by atomic mass is 16.5. The highest BCUT2D eigenvalue weighted by Gasteiger charge is 2.04. The van der Waals surface area contributed by atoms with E-state index < -0.39 is 0 Å². The van der Waals surface area contributed by atoms with Gasteiger partial charge in [-0.3, -0.25) is 0 Å². The minimum atomic E-state index is 0.417. The Bertz CT molecular complexity index is 449. The fourth-order valence-electron chi connectivity index (χ4n) is 1.46. The van der Waals surface area contributed by atoms with Crippen LogP contribution in [0.5, 0.6) is 5.75 Å². The van der Waals surface area contributed by atoms with E-state index in [1.165, 1.54) is 0 Å². The first-order valence-corrected chi connectivity index (χ1v) is 5.18. The van der Waals surface area contributed by atoms with Gasteiger partial charge in [-0.15, -0.1) is 5.10 Å². The molecule has 1 aromatic carbocycles. The molecule has 5 heteroatoms. The van der Waals surface area contributed by atoms with E-state index in [2.05, 4.69) is 10.3 Å². The van der Waals surface area contributed by atoms with Gasteiger partial charge in [0, 0.05) is 6.54 Å². The van der Waals surface area contributed by atoms with Gasteiger partial charge in [-0.1, -0.05) is 5.21 Å². The maximum atomic E-state index is 5.58. The van der Waals surface area contributed by atoms with Gasteiger partial charge in [-0.2, -0.15) is 0 Å². The number of hydrogen-bond donors (Lipinski definition) is 1. The first-order chi connectivity index (χ1) is 7.85. The van der Waals surface area contributed by atoms with E-state index in [1.807, 2.05) is 31.2 Å². The van der Waals surface area contributed by atoms with Gasteiger partial charge in [0.2, 0.25) is 0 Å². The second-order valence-corrected chi connectivity index (χ2v) is 3.27. The van der Waals surface area contributed by atoms with Gasteiger partial charge in [0.1, 0.15) is 5.75 Å². The topological polar surface area (TPSA) is 66.0 Å². The second kappa shape index (κ2) is 4.76. The lowest BCUT2D eigenvalue weighted by Crippen LogP contribution is -2.06. The largest absolute Gasteiger partial charge is 0.494 e. The molecule has 0 fully saturated rings. The summed E-state index contributed by atoms with van der Waals surface area (Å²) in [6.07, 6.45) is 1.66. The first kappa shape index (κ1) is 10.6. The van der Waals surface area contributed by atoms with Crippen LogP contribution in [0.4, 0.5) is 0 Å². The summed E-state index contributed by atoms with van der Waals surface area (Å²) >= 11 is 0. The molecule has 2 N–H and O–H groups in total. The van der Waals surface area contributed by atoms with E-state index in [0.29, 0.717) is 13.2 Å². The predicted octanol–water partition coefficient (Wildman–Crippen LogP) is 1.12. The third-order valence-corrected chi connectivity index (χ3v) is 2.22. The van der Waals surface area contributed by atoms with E-state index in [4.69, 9.17) is 10.5 Å². The Morgan fingerprint density at radius 2 is 2.06 bits per heavy atom. The van der Waals surface area contributed by atoms with Crippen molar-refractivity contribution in [3.05, 3.63) is 36.2 Å². The number of benzene rings is 1. The summed E-state index contributed by atoms with van der Waals surface area (Å²) in [5.74, 6) is 0.848. The normalized spacial score (nSPS) is 10.4. The van der Waals surface area contributed by atoms with E-state index in [1.54, 1.807) is 10.9 Å². The number of hydrogen-bond acceptors (Lipinski definition) is 4. The van der Waals surface area contributed by atoms with Gasteiger partial charge in [0.25, 0.3) is 0 Å². The van der Waals surface area contributed by atoms with Gasteiger partial charge in [-0.25, -0.2) is 4.68 Å². The molecule has 1 aromatic heterocycles. The number of ether oxygens (including phenoxy) is 1. The van der Waals surface area contributed by atoms with E-state index in [-0.39, 0.29) is 0 Å². The van der Waals surface area contributed by atoms with Crippen LogP contribution in [0, 0.1) is 0 Å². The average Bonchev–Trinajstić information content (AvgIpc) is 2.78. The van der Waals surface area contributed by atoms with Crippen molar-refractivity contribution in [2.75, 3.05) is 6.61 Å². The fraction of sp³-hybridized carbons (Fsp3) is 0.273. The van der Waals surface area contributed by atoms with Gasteiger partial charge in [0.05, 0.1) is 24.2 Å². The van der Waals surface area contributed by atoms with Crippen LogP contribution in [-0.2, 0) is 6.54 Å². The molecular weight excluding hydrogens is 204 g/mol. The van der Waals surface area contributed by atoms with Gasteiger partial charge < -0.3 is 10.5 Å². The lowest BCUT2D eigenvalue weighted by molar-refractivity contribution is 0.340. The second-order valence-electron chi connectivity index (χ2n) is 3.27. The van der Waals surface area contributed by atoms with Crippen LogP contribution in [0.3, 0.4) is 0 Å². The van der Waals surface area contributed by atoms with E-state index in [0.717, 1.165) is 17.1 Å². The summed E-state index contributed by atoms with van der Waals surface area (Å²) in [5.41, 5.74) is 7.40. The van der Waals surface area contributed by atoms with Crippen LogP contribution < -0.4 is 10.5 Å². The molecule has 0 atom stereocenters. The lowest BCUT2D eigenvalue weighted by atomic mass is 10.3. The highest BCUT2D eigenvalue weighted by Crippen LogP contribution is 2.15. The van der Waals surface area contributed by atoms with Crippen molar-refractivity contribution in [2.24, 2.45) is 5.73 Å². The third kappa shape index (κ3) is 2.04. The average molecular weight is 218 g/mol. The van der Waals surface area contributed by atoms with E-state index >= 15 is 0 Å². The molecular formula is C11H14N4O. The highest BCUT2D eigenvalue weighted by molar-refractivity contribution is 5.37. The molecule has 5 nitrogen and oxygen atoms in total. The van der Waals surface area contributed by atoms with Crippen molar-refractivity contribution in [1.82, 2.24) is 15.0 Å². The predicted molar refractivity (Wildman–Crippen MR) is 60.4 cm³/mol. The Balaban J connectivity index is 2.27. The van der Waals surface area contributed by atoms with Gasteiger partial charge in [0.15, 0.2) is 0 Å². The number of nitrogens with zero attached hydrogens (tertiary/aromatic N) is 3. The monoisotopic (exact) mass is 218 g/mol. The van der Waals surface area contributed by atoms with Crippen molar-refractivity contribution in [2.45, 2.75) is 13.5 Å². The van der Waals surface area contributed by atoms with Gasteiger partial charge >= 0.3 is 0 Å².